The summed E-state index contributed by atoms with van der Waals surface area (Å²) in [6, 6.07) is 0. The number of amides is 1. The molecule has 1 fully saturated rings. The van der Waals surface area contributed by atoms with Crippen molar-refractivity contribution < 1.29 is 14.3 Å². The van der Waals surface area contributed by atoms with Crippen LogP contribution in [-0.4, -0.2) is 45.2 Å². The van der Waals surface area contributed by atoms with Crippen LogP contribution in [0.2, 0.25) is 0 Å². The summed E-state index contributed by atoms with van der Waals surface area (Å²) in [5, 5.41) is 4.06. The second-order valence-corrected chi connectivity index (χ2v) is 6.58. The summed E-state index contributed by atoms with van der Waals surface area (Å²) >= 11 is 0. The summed E-state index contributed by atoms with van der Waals surface area (Å²) in [7, 11) is 1.83. The number of carbonyl (C=O) groups is 2. The second kappa shape index (κ2) is 5.87. The van der Waals surface area contributed by atoms with E-state index in [0.29, 0.717) is 25.9 Å². The molecule has 1 unspecified atom stereocenters. The fourth-order valence-electron chi connectivity index (χ4n) is 2.42. The Hall–Kier alpha value is -1.85. The van der Waals surface area contributed by atoms with Crippen LogP contribution in [0.4, 0.5) is 4.79 Å². The maximum atomic E-state index is 12.3. The highest BCUT2D eigenvalue weighted by atomic mass is 16.6. The van der Waals surface area contributed by atoms with Crippen LogP contribution in [0.15, 0.2) is 12.4 Å². The molecule has 1 saturated heterocycles. The van der Waals surface area contributed by atoms with Gasteiger partial charge in [0.2, 0.25) is 0 Å². The van der Waals surface area contributed by atoms with Gasteiger partial charge in [0.25, 0.3) is 0 Å². The van der Waals surface area contributed by atoms with Gasteiger partial charge in [-0.15, -0.1) is 0 Å². The molecule has 0 bridgehead atoms. The third-order valence-electron chi connectivity index (χ3n) is 3.43. The van der Waals surface area contributed by atoms with Crippen LogP contribution in [0.5, 0.6) is 0 Å². The molecule has 1 aromatic heterocycles. The van der Waals surface area contributed by atoms with Crippen molar-refractivity contribution in [3.05, 3.63) is 18.0 Å². The van der Waals surface area contributed by atoms with Gasteiger partial charge in [-0.25, -0.2) is 4.79 Å². The van der Waals surface area contributed by atoms with Crippen LogP contribution < -0.4 is 0 Å². The Morgan fingerprint density at radius 2 is 2.14 bits per heavy atom. The molecule has 6 heteroatoms. The molecule has 6 nitrogen and oxygen atoms in total. The van der Waals surface area contributed by atoms with Gasteiger partial charge in [0, 0.05) is 38.7 Å². The van der Waals surface area contributed by atoms with Crippen LogP contribution in [-0.2, 0) is 23.0 Å². The van der Waals surface area contributed by atoms with Crippen molar-refractivity contribution in [2.45, 2.75) is 39.2 Å². The molecule has 1 atom stereocenters. The molecule has 0 spiro atoms. The van der Waals surface area contributed by atoms with E-state index in [-0.39, 0.29) is 17.8 Å². The lowest BCUT2D eigenvalue weighted by atomic mass is 9.99. The van der Waals surface area contributed by atoms with Crippen LogP contribution >= 0.6 is 0 Å². The Morgan fingerprint density at radius 1 is 1.43 bits per heavy atom. The predicted octanol–water partition coefficient (Wildman–Crippen LogP) is 1.79. The molecule has 1 aliphatic heterocycles. The molecule has 0 aliphatic carbocycles. The van der Waals surface area contributed by atoms with Gasteiger partial charge in [-0.1, -0.05) is 0 Å². The molecular weight excluding hydrogens is 270 g/mol. The van der Waals surface area contributed by atoms with Crippen molar-refractivity contribution in [3.8, 4) is 0 Å². The summed E-state index contributed by atoms with van der Waals surface area (Å²) in [6.45, 7) is 6.55. The molecule has 2 rings (SSSR count). The van der Waals surface area contributed by atoms with Gasteiger partial charge in [0.1, 0.15) is 11.4 Å². The normalized spacial score (nSPS) is 18.9. The number of ether oxygens (including phenoxy) is 1. The number of ketones is 1. The molecule has 116 valence electrons. The molecule has 1 aromatic rings. The van der Waals surface area contributed by atoms with Crippen molar-refractivity contribution in [1.82, 2.24) is 14.7 Å². The van der Waals surface area contributed by atoms with Gasteiger partial charge < -0.3 is 9.64 Å². The maximum Gasteiger partial charge on any atom is 0.410 e. The number of Topliss-reactive ketones (excluding diaryl/α,β-unsaturated/α-hetero) is 1. The van der Waals surface area contributed by atoms with E-state index in [2.05, 4.69) is 5.10 Å². The molecule has 0 aromatic carbocycles. The zero-order valence-corrected chi connectivity index (χ0v) is 13.1. The standard InChI is InChI=1S/C15H23N3O3/c1-15(2,3)21-14(20)18-6-5-12(10-18)13(19)7-11-8-16-17(4)9-11/h8-9,12H,5-7,10H2,1-4H3. The van der Waals surface area contributed by atoms with Crippen LogP contribution in [0.1, 0.15) is 32.8 Å². The van der Waals surface area contributed by atoms with Crippen LogP contribution in [0.25, 0.3) is 0 Å². The second-order valence-electron chi connectivity index (χ2n) is 6.58. The first-order valence-corrected chi connectivity index (χ1v) is 7.23. The highest BCUT2D eigenvalue weighted by molar-refractivity contribution is 5.84. The molecule has 0 radical (unpaired) electrons. The molecule has 0 N–H and O–H groups in total. The van der Waals surface area contributed by atoms with Crippen molar-refractivity contribution in [1.29, 1.82) is 0 Å². The number of rotatable bonds is 3. The first-order chi connectivity index (χ1) is 9.74. The third-order valence-corrected chi connectivity index (χ3v) is 3.43. The Balaban J connectivity index is 1.87. The number of aryl methyl sites for hydroxylation is 1. The van der Waals surface area contributed by atoms with Crippen molar-refractivity contribution in [2.24, 2.45) is 13.0 Å². The van der Waals surface area contributed by atoms with E-state index >= 15 is 0 Å². The first-order valence-electron chi connectivity index (χ1n) is 7.23. The van der Waals surface area contributed by atoms with Gasteiger partial charge in [-0.2, -0.15) is 5.10 Å². The number of hydrogen-bond donors (Lipinski definition) is 0. The largest absolute Gasteiger partial charge is 0.444 e. The maximum absolute atomic E-state index is 12.3. The lowest BCUT2D eigenvalue weighted by molar-refractivity contribution is -0.121. The fraction of sp³-hybridized carbons (Fsp3) is 0.667. The highest BCUT2D eigenvalue weighted by Crippen LogP contribution is 2.21. The number of hydrogen-bond acceptors (Lipinski definition) is 4. The summed E-state index contributed by atoms with van der Waals surface area (Å²) in [4.78, 5) is 25.9. The molecule has 1 aliphatic rings. The minimum Gasteiger partial charge on any atom is -0.444 e. The molecule has 1 amide bonds. The first kappa shape index (κ1) is 15.5. The van der Waals surface area contributed by atoms with E-state index in [4.69, 9.17) is 4.74 Å². The Labute approximate surface area is 125 Å². The van der Waals surface area contributed by atoms with Crippen LogP contribution in [0, 0.1) is 5.92 Å². The quantitative estimate of drug-likeness (QED) is 0.852. The number of likely N-dealkylation sites (tertiary alicyclic amines) is 1. The zero-order valence-electron chi connectivity index (χ0n) is 13.1. The number of aromatic nitrogens is 2. The molecule has 2 heterocycles. The Bertz CT molecular complexity index is 531. The smallest absolute Gasteiger partial charge is 0.410 e. The summed E-state index contributed by atoms with van der Waals surface area (Å²) in [5.74, 6) is 0.0618. The number of carbonyl (C=O) groups excluding carboxylic acids is 2. The monoisotopic (exact) mass is 293 g/mol. The zero-order chi connectivity index (χ0) is 15.6. The van der Waals surface area contributed by atoms with Gasteiger partial charge in [0.05, 0.1) is 6.20 Å². The molecule has 21 heavy (non-hydrogen) atoms. The van der Waals surface area contributed by atoms with E-state index in [1.807, 2.05) is 34.0 Å². The van der Waals surface area contributed by atoms with Crippen LogP contribution in [0.3, 0.4) is 0 Å². The average molecular weight is 293 g/mol. The molecular formula is C15H23N3O3. The Kier molecular flexibility index (Phi) is 4.34. The fourth-order valence-corrected chi connectivity index (χ4v) is 2.42. The van der Waals surface area contributed by atoms with Crippen molar-refractivity contribution >= 4 is 11.9 Å². The minimum atomic E-state index is -0.505. The summed E-state index contributed by atoms with van der Waals surface area (Å²) in [6.07, 6.45) is 4.30. The van der Waals surface area contributed by atoms with Gasteiger partial charge in [-0.3, -0.25) is 9.48 Å². The topological polar surface area (TPSA) is 64.4 Å². The lowest BCUT2D eigenvalue weighted by Gasteiger charge is -2.24. The van der Waals surface area contributed by atoms with Gasteiger partial charge in [-0.05, 0) is 32.8 Å². The molecule has 0 saturated carbocycles. The van der Waals surface area contributed by atoms with E-state index in [1.165, 1.54) is 0 Å². The SMILES string of the molecule is Cn1cc(CC(=O)C2CCN(C(=O)OC(C)(C)C)C2)cn1. The van der Waals surface area contributed by atoms with Crippen molar-refractivity contribution in [3.63, 3.8) is 0 Å². The minimum absolute atomic E-state index is 0.0993. The number of nitrogens with zero attached hydrogens (tertiary/aromatic N) is 3. The third kappa shape index (κ3) is 4.31. The summed E-state index contributed by atoms with van der Waals surface area (Å²) < 4.78 is 7.02. The van der Waals surface area contributed by atoms with E-state index in [0.717, 1.165) is 5.56 Å². The van der Waals surface area contributed by atoms with Crippen molar-refractivity contribution in [2.75, 3.05) is 13.1 Å². The predicted molar refractivity (Wildman–Crippen MR) is 77.8 cm³/mol. The average Bonchev–Trinajstić information content (AvgIpc) is 2.96. The van der Waals surface area contributed by atoms with Gasteiger partial charge in [0.15, 0.2) is 0 Å². The van der Waals surface area contributed by atoms with Gasteiger partial charge >= 0.3 is 6.09 Å². The lowest BCUT2D eigenvalue weighted by Crippen LogP contribution is -2.36. The Morgan fingerprint density at radius 3 is 2.71 bits per heavy atom. The highest BCUT2D eigenvalue weighted by Gasteiger charge is 2.33. The summed E-state index contributed by atoms with van der Waals surface area (Å²) in [5.41, 5.74) is 0.410. The van der Waals surface area contributed by atoms with E-state index in [1.54, 1.807) is 15.8 Å². The van der Waals surface area contributed by atoms with E-state index in [9.17, 15) is 9.59 Å². The van der Waals surface area contributed by atoms with E-state index < -0.39 is 5.60 Å².